The van der Waals surface area contributed by atoms with Gasteiger partial charge in [0, 0.05) is 19.2 Å². The van der Waals surface area contributed by atoms with Crippen molar-refractivity contribution < 1.29 is 9.59 Å². The van der Waals surface area contributed by atoms with Crippen LogP contribution in [0.2, 0.25) is 0 Å². The molecule has 1 aliphatic rings. The maximum atomic E-state index is 12.6. The fourth-order valence-electron chi connectivity index (χ4n) is 2.46. The van der Waals surface area contributed by atoms with Gasteiger partial charge in [-0.1, -0.05) is 19.9 Å². The van der Waals surface area contributed by atoms with Gasteiger partial charge in [-0.3, -0.25) is 14.5 Å². The highest BCUT2D eigenvalue weighted by atomic mass is 16.2. The molecule has 0 radical (unpaired) electrons. The number of amides is 2. The van der Waals surface area contributed by atoms with Crippen LogP contribution in [0.5, 0.6) is 0 Å². The van der Waals surface area contributed by atoms with E-state index in [9.17, 15) is 9.59 Å². The SMILES string of the molecule is CCNC(=O)C1Cc2cccnc2N1C(=O)C(N)C(C)C. The summed E-state index contributed by atoms with van der Waals surface area (Å²) in [5.41, 5.74) is 6.88. The number of fused-ring (bicyclic) bond motifs is 1. The van der Waals surface area contributed by atoms with E-state index in [1.54, 1.807) is 6.20 Å². The summed E-state index contributed by atoms with van der Waals surface area (Å²) in [6, 6.07) is 2.49. The predicted molar refractivity (Wildman–Crippen MR) is 80.7 cm³/mol. The lowest BCUT2D eigenvalue weighted by molar-refractivity contribution is -0.127. The van der Waals surface area contributed by atoms with Gasteiger partial charge in [0.15, 0.2) is 0 Å². The molecule has 2 amide bonds. The normalized spacial score (nSPS) is 18.5. The van der Waals surface area contributed by atoms with E-state index in [2.05, 4.69) is 10.3 Å². The molecule has 6 nitrogen and oxygen atoms in total. The smallest absolute Gasteiger partial charge is 0.246 e. The lowest BCUT2D eigenvalue weighted by Crippen LogP contribution is -2.54. The summed E-state index contributed by atoms with van der Waals surface area (Å²) in [5.74, 6) is 0.133. The summed E-state index contributed by atoms with van der Waals surface area (Å²) < 4.78 is 0. The monoisotopic (exact) mass is 290 g/mol. The molecule has 2 atom stereocenters. The van der Waals surface area contributed by atoms with E-state index in [-0.39, 0.29) is 17.7 Å². The Morgan fingerprint density at radius 1 is 1.52 bits per heavy atom. The second-order valence-corrected chi connectivity index (χ2v) is 5.58. The van der Waals surface area contributed by atoms with Gasteiger partial charge in [0.25, 0.3) is 0 Å². The van der Waals surface area contributed by atoms with E-state index in [0.717, 1.165) is 5.56 Å². The van der Waals surface area contributed by atoms with E-state index >= 15 is 0 Å². The Kier molecular flexibility index (Phi) is 4.57. The van der Waals surface area contributed by atoms with Crippen LogP contribution in [0.4, 0.5) is 5.82 Å². The number of aromatic nitrogens is 1. The van der Waals surface area contributed by atoms with Gasteiger partial charge in [0.05, 0.1) is 6.04 Å². The summed E-state index contributed by atoms with van der Waals surface area (Å²) in [4.78, 5) is 30.6. The average Bonchev–Trinajstić information content (AvgIpc) is 2.85. The van der Waals surface area contributed by atoms with Crippen LogP contribution in [-0.4, -0.2) is 35.4 Å². The molecule has 0 saturated carbocycles. The Bertz CT molecular complexity index is 544. The maximum absolute atomic E-state index is 12.6. The first kappa shape index (κ1) is 15.4. The van der Waals surface area contributed by atoms with Crippen molar-refractivity contribution in [2.24, 2.45) is 11.7 Å². The number of likely N-dealkylation sites (N-methyl/N-ethyl adjacent to an activating group) is 1. The molecule has 0 bridgehead atoms. The van der Waals surface area contributed by atoms with Gasteiger partial charge in [-0.25, -0.2) is 4.98 Å². The second kappa shape index (κ2) is 6.22. The van der Waals surface area contributed by atoms with Crippen molar-refractivity contribution in [3.05, 3.63) is 23.9 Å². The summed E-state index contributed by atoms with van der Waals surface area (Å²) in [6.45, 7) is 6.15. The fraction of sp³-hybridized carbons (Fsp3) is 0.533. The van der Waals surface area contributed by atoms with E-state index in [0.29, 0.717) is 18.8 Å². The molecule has 114 valence electrons. The number of hydrogen-bond donors (Lipinski definition) is 2. The predicted octanol–water partition coefficient (Wildman–Crippen LogP) is 0.459. The summed E-state index contributed by atoms with van der Waals surface area (Å²) in [6.07, 6.45) is 2.10. The quantitative estimate of drug-likeness (QED) is 0.843. The van der Waals surface area contributed by atoms with Crippen LogP contribution in [0.3, 0.4) is 0 Å². The lowest BCUT2D eigenvalue weighted by atomic mass is 10.0. The van der Waals surface area contributed by atoms with Crippen LogP contribution in [-0.2, 0) is 16.0 Å². The van der Waals surface area contributed by atoms with Gasteiger partial charge in [-0.15, -0.1) is 0 Å². The third-order valence-electron chi connectivity index (χ3n) is 3.72. The summed E-state index contributed by atoms with van der Waals surface area (Å²) in [7, 11) is 0. The molecule has 0 aliphatic carbocycles. The van der Waals surface area contributed by atoms with Crippen LogP contribution in [0.25, 0.3) is 0 Å². The first-order valence-electron chi connectivity index (χ1n) is 7.27. The highest BCUT2D eigenvalue weighted by molar-refractivity contribution is 6.04. The highest BCUT2D eigenvalue weighted by Gasteiger charge is 2.41. The number of hydrogen-bond acceptors (Lipinski definition) is 4. The van der Waals surface area contributed by atoms with E-state index in [1.165, 1.54) is 4.90 Å². The first-order valence-corrected chi connectivity index (χ1v) is 7.27. The Morgan fingerprint density at radius 3 is 2.86 bits per heavy atom. The molecular formula is C15H22N4O2. The number of carbonyl (C=O) groups excluding carboxylic acids is 2. The van der Waals surface area contributed by atoms with Crippen molar-refractivity contribution in [1.29, 1.82) is 0 Å². The highest BCUT2D eigenvalue weighted by Crippen LogP contribution is 2.30. The molecule has 0 fully saturated rings. The van der Waals surface area contributed by atoms with Crippen molar-refractivity contribution in [2.75, 3.05) is 11.4 Å². The minimum atomic E-state index is -0.644. The molecule has 0 aromatic carbocycles. The number of nitrogens with zero attached hydrogens (tertiary/aromatic N) is 2. The Balaban J connectivity index is 2.36. The fourth-order valence-corrected chi connectivity index (χ4v) is 2.46. The molecule has 3 N–H and O–H groups in total. The third-order valence-corrected chi connectivity index (χ3v) is 3.72. The first-order chi connectivity index (χ1) is 9.97. The molecular weight excluding hydrogens is 268 g/mol. The molecule has 1 aliphatic heterocycles. The Hall–Kier alpha value is -1.95. The average molecular weight is 290 g/mol. The molecule has 1 aromatic rings. The number of pyridine rings is 1. The zero-order valence-electron chi connectivity index (χ0n) is 12.7. The van der Waals surface area contributed by atoms with Gasteiger partial charge >= 0.3 is 0 Å². The maximum Gasteiger partial charge on any atom is 0.246 e. The summed E-state index contributed by atoms with van der Waals surface area (Å²) >= 11 is 0. The molecule has 6 heteroatoms. The molecule has 21 heavy (non-hydrogen) atoms. The van der Waals surface area contributed by atoms with E-state index in [1.807, 2.05) is 32.9 Å². The van der Waals surface area contributed by atoms with Crippen LogP contribution in [0, 0.1) is 5.92 Å². The van der Waals surface area contributed by atoms with Crippen LogP contribution >= 0.6 is 0 Å². The van der Waals surface area contributed by atoms with Crippen LogP contribution in [0.15, 0.2) is 18.3 Å². The van der Waals surface area contributed by atoms with Crippen LogP contribution < -0.4 is 16.0 Å². The van der Waals surface area contributed by atoms with Crippen molar-refractivity contribution in [3.63, 3.8) is 0 Å². The van der Waals surface area contributed by atoms with Gasteiger partial charge < -0.3 is 11.1 Å². The van der Waals surface area contributed by atoms with Crippen molar-refractivity contribution in [1.82, 2.24) is 10.3 Å². The standard InChI is InChI=1S/C15H22N4O2/c1-4-17-14(20)11-8-10-6-5-7-18-13(10)19(11)15(21)12(16)9(2)3/h5-7,9,11-12H,4,8,16H2,1-3H3,(H,17,20). The number of nitrogens with two attached hydrogens (primary N) is 1. The zero-order valence-corrected chi connectivity index (χ0v) is 12.7. The van der Waals surface area contributed by atoms with Crippen molar-refractivity contribution in [3.8, 4) is 0 Å². The number of carbonyl (C=O) groups is 2. The largest absolute Gasteiger partial charge is 0.355 e. The van der Waals surface area contributed by atoms with E-state index < -0.39 is 12.1 Å². The molecule has 2 rings (SSSR count). The lowest BCUT2D eigenvalue weighted by Gasteiger charge is -2.27. The van der Waals surface area contributed by atoms with Crippen LogP contribution in [0.1, 0.15) is 26.3 Å². The molecule has 0 saturated heterocycles. The molecule has 2 unspecified atom stereocenters. The van der Waals surface area contributed by atoms with Gasteiger partial charge in [0.1, 0.15) is 11.9 Å². The number of anilines is 1. The van der Waals surface area contributed by atoms with Gasteiger partial charge in [-0.2, -0.15) is 0 Å². The minimum absolute atomic E-state index is 0.000138. The zero-order chi connectivity index (χ0) is 15.6. The molecule has 0 spiro atoms. The topological polar surface area (TPSA) is 88.3 Å². The van der Waals surface area contributed by atoms with Gasteiger partial charge in [0.2, 0.25) is 11.8 Å². The molecule has 1 aromatic heterocycles. The van der Waals surface area contributed by atoms with Crippen molar-refractivity contribution in [2.45, 2.75) is 39.3 Å². The third kappa shape index (κ3) is 2.90. The number of rotatable bonds is 4. The Morgan fingerprint density at radius 2 is 2.24 bits per heavy atom. The second-order valence-electron chi connectivity index (χ2n) is 5.58. The minimum Gasteiger partial charge on any atom is -0.355 e. The Labute approximate surface area is 124 Å². The van der Waals surface area contributed by atoms with Crippen molar-refractivity contribution >= 4 is 17.6 Å². The molecule has 2 heterocycles. The summed E-state index contributed by atoms with van der Waals surface area (Å²) in [5, 5.41) is 2.77. The van der Waals surface area contributed by atoms with E-state index in [4.69, 9.17) is 5.73 Å². The van der Waals surface area contributed by atoms with Gasteiger partial charge in [-0.05, 0) is 24.5 Å². The number of nitrogens with one attached hydrogen (secondary N) is 1.